The summed E-state index contributed by atoms with van der Waals surface area (Å²) >= 11 is 6.73. The number of ether oxygens (including phenoxy) is 1. The zero-order valence-corrected chi connectivity index (χ0v) is 14.9. The molecule has 0 aromatic heterocycles. The van der Waals surface area contributed by atoms with Gasteiger partial charge in [0.25, 0.3) is 5.91 Å². The standard InChI is InChI=1S/C19H17NO2S2/c1-2-22-16(13-14-9-5-3-6-10-14)17-18(21)20(19(23)24-17)15-11-7-4-8-12-15/h3-12H,2,13H2,1H3/b17-16+. The van der Waals surface area contributed by atoms with Crippen LogP contribution < -0.4 is 4.90 Å². The molecule has 24 heavy (non-hydrogen) atoms. The monoisotopic (exact) mass is 355 g/mol. The molecule has 1 fully saturated rings. The van der Waals surface area contributed by atoms with Crippen LogP contribution in [-0.4, -0.2) is 16.8 Å². The van der Waals surface area contributed by atoms with Gasteiger partial charge < -0.3 is 4.74 Å². The maximum atomic E-state index is 12.9. The van der Waals surface area contributed by atoms with Gasteiger partial charge >= 0.3 is 0 Å². The summed E-state index contributed by atoms with van der Waals surface area (Å²) < 4.78 is 6.32. The third-order valence-electron chi connectivity index (χ3n) is 3.56. The first-order valence-electron chi connectivity index (χ1n) is 7.72. The second kappa shape index (κ2) is 7.64. The Morgan fingerprint density at radius 2 is 1.71 bits per heavy atom. The van der Waals surface area contributed by atoms with Crippen LogP contribution >= 0.6 is 24.0 Å². The van der Waals surface area contributed by atoms with E-state index >= 15 is 0 Å². The van der Waals surface area contributed by atoms with Gasteiger partial charge in [-0.2, -0.15) is 0 Å². The number of nitrogens with zero attached hydrogens (tertiary/aromatic N) is 1. The number of rotatable bonds is 5. The molecule has 1 saturated heterocycles. The van der Waals surface area contributed by atoms with Crippen LogP contribution in [0.5, 0.6) is 0 Å². The highest BCUT2D eigenvalue weighted by Gasteiger charge is 2.36. The van der Waals surface area contributed by atoms with Crippen molar-refractivity contribution in [2.24, 2.45) is 0 Å². The summed E-state index contributed by atoms with van der Waals surface area (Å²) in [6.07, 6.45) is 0.577. The average Bonchev–Trinajstić information content (AvgIpc) is 2.91. The molecule has 1 aliphatic heterocycles. The van der Waals surface area contributed by atoms with E-state index in [0.717, 1.165) is 11.3 Å². The number of carbonyl (C=O) groups is 1. The molecule has 3 rings (SSSR count). The minimum Gasteiger partial charge on any atom is -0.496 e. The lowest BCUT2D eigenvalue weighted by Gasteiger charge is -2.15. The van der Waals surface area contributed by atoms with Gasteiger partial charge in [-0.25, -0.2) is 0 Å². The first-order valence-corrected chi connectivity index (χ1v) is 8.94. The topological polar surface area (TPSA) is 29.5 Å². The van der Waals surface area contributed by atoms with E-state index in [2.05, 4.69) is 0 Å². The number of para-hydroxylation sites is 1. The SMILES string of the molecule is CCO/C(Cc1ccccc1)=C1/SC(=S)N(c2ccccc2)C1=O. The Bertz CT molecular complexity index is 772. The van der Waals surface area contributed by atoms with Gasteiger partial charge in [-0.15, -0.1) is 0 Å². The van der Waals surface area contributed by atoms with E-state index in [4.69, 9.17) is 17.0 Å². The highest BCUT2D eigenvalue weighted by Crippen LogP contribution is 2.37. The van der Waals surface area contributed by atoms with E-state index in [1.165, 1.54) is 11.8 Å². The van der Waals surface area contributed by atoms with Crippen molar-refractivity contribution < 1.29 is 9.53 Å². The van der Waals surface area contributed by atoms with Crippen LogP contribution in [0.2, 0.25) is 0 Å². The molecule has 2 aromatic carbocycles. The van der Waals surface area contributed by atoms with Crippen molar-refractivity contribution in [3.05, 3.63) is 76.9 Å². The number of hydrogen-bond acceptors (Lipinski definition) is 4. The maximum absolute atomic E-state index is 12.9. The molecular formula is C19H17NO2S2. The number of allylic oxidation sites excluding steroid dienone is 1. The summed E-state index contributed by atoms with van der Waals surface area (Å²) in [6.45, 7) is 2.43. The molecule has 0 spiro atoms. The number of thiocarbonyl (C=S) groups is 1. The van der Waals surface area contributed by atoms with Gasteiger partial charge in [-0.05, 0) is 24.6 Å². The Kier molecular flexibility index (Phi) is 5.33. The van der Waals surface area contributed by atoms with Gasteiger partial charge in [-0.3, -0.25) is 9.69 Å². The van der Waals surface area contributed by atoms with E-state index in [9.17, 15) is 4.79 Å². The first-order chi connectivity index (χ1) is 11.7. The van der Waals surface area contributed by atoms with E-state index in [1.807, 2.05) is 67.6 Å². The van der Waals surface area contributed by atoms with Gasteiger partial charge in [0.2, 0.25) is 0 Å². The minimum atomic E-state index is -0.115. The van der Waals surface area contributed by atoms with Crippen LogP contribution in [0.25, 0.3) is 0 Å². The second-order valence-electron chi connectivity index (χ2n) is 5.19. The highest BCUT2D eigenvalue weighted by molar-refractivity contribution is 8.27. The number of amides is 1. The molecule has 3 nitrogen and oxygen atoms in total. The summed E-state index contributed by atoms with van der Waals surface area (Å²) in [7, 11) is 0. The van der Waals surface area contributed by atoms with Gasteiger partial charge in [0, 0.05) is 6.42 Å². The number of hydrogen-bond donors (Lipinski definition) is 0. The first kappa shape index (κ1) is 16.7. The van der Waals surface area contributed by atoms with E-state index < -0.39 is 0 Å². The van der Waals surface area contributed by atoms with Crippen molar-refractivity contribution in [2.75, 3.05) is 11.5 Å². The Balaban J connectivity index is 1.94. The zero-order chi connectivity index (χ0) is 16.9. The summed E-state index contributed by atoms with van der Waals surface area (Å²) in [5.41, 5.74) is 1.89. The predicted octanol–water partition coefficient (Wildman–Crippen LogP) is 4.54. The van der Waals surface area contributed by atoms with Crippen LogP contribution in [0, 0.1) is 0 Å². The van der Waals surface area contributed by atoms with E-state index in [-0.39, 0.29) is 5.91 Å². The summed E-state index contributed by atoms with van der Waals surface area (Å²) in [6, 6.07) is 19.4. The lowest BCUT2D eigenvalue weighted by molar-refractivity contribution is -0.113. The summed E-state index contributed by atoms with van der Waals surface area (Å²) in [5.74, 6) is 0.565. The van der Waals surface area contributed by atoms with Gasteiger partial charge in [0.15, 0.2) is 4.32 Å². The summed E-state index contributed by atoms with van der Waals surface area (Å²) in [4.78, 5) is 15.0. The third-order valence-corrected chi connectivity index (χ3v) is 4.96. The average molecular weight is 355 g/mol. The minimum absolute atomic E-state index is 0.115. The third kappa shape index (κ3) is 3.52. The smallest absolute Gasteiger partial charge is 0.274 e. The Hall–Kier alpha value is -2.11. The van der Waals surface area contributed by atoms with E-state index in [1.54, 1.807) is 4.90 Å². The molecule has 0 bridgehead atoms. The molecule has 0 saturated carbocycles. The number of thioether (sulfide) groups is 1. The second-order valence-corrected chi connectivity index (χ2v) is 6.84. The van der Waals surface area contributed by atoms with Crippen LogP contribution in [0.15, 0.2) is 71.3 Å². The van der Waals surface area contributed by atoms with Crippen LogP contribution in [0.4, 0.5) is 5.69 Å². The normalized spacial score (nSPS) is 16.5. The van der Waals surface area contributed by atoms with Crippen molar-refractivity contribution in [3.8, 4) is 0 Å². The van der Waals surface area contributed by atoms with Crippen molar-refractivity contribution in [1.82, 2.24) is 0 Å². The molecule has 122 valence electrons. The summed E-state index contributed by atoms with van der Waals surface area (Å²) in [5, 5.41) is 0. The molecule has 1 aliphatic rings. The quantitative estimate of drug-likeness (QED) is 0.447. The molecule has 2 aromatic rings. The highest BCUT2D eigenvalue weighted by atomic mass is 32.2. The molecule has 0 N–H and O–H groups in total. The lowest BCUT2D eigenvalue weighted by Crippen LogP contribution is -2.27. The van der Waals surface area contributed by atoms with Crippen molar-refractivity contribution in [3.63, 3.8) is 0 Å². The molecule has 1 heterocycles. The number of benzene rings is 2. The Morgan fingerprint density at radius 3 is 2.33 bits per heavy atom. The van der Waals surface area contributed by atoms with Gasteiger partial charge in [0.1, 0.15) is 10.7 Å². The zero-order valence-electron chi connectivity index (χ0n) is 13.3. The van der Waals surface area contributed by atoms with Crippen LogP contribution in [-0.2, 0) is 16.0 Å². The Morgan fingerprint density at radius 1 is 1.08 bits per heavy atom. The fraction of sp³-hybridized carbons (Fsp3) is 0.158. The van der Waals surface area contributed by atoms with E-state index in [0.29, 0.717) is 28.0 Å². The van der Waals surface area contributed by atoms with Gasteiger partial charge in [-0.1, -0.05) is 72.5 Å². The number of carbonyl (C=O) groups excluding carboxylic acids is 1. The molecule has 0 unspecified atom stereocenters. The van der Waals surface area contributed by atoms with Crippen molar-refractivity contribution in [1.29, 1.82) is 0 Å². The molecule has 5 heteroatoms. The van der Waals surface area contributed by atoms with Crippen molar-refractivity contribution >= 4 is 39.9 Å². The molecule has 0 atom stereocenters. The largest absolute Gasteiger partial charge is 0.496 e. The van der Waals surface area contributed by atoms with Crippen LogP contribution in [0.3, 0.4) is 0 Å². The lowest BCUT2D eigenvalue weighted by atomic mass is 10.1. The number of anilines is 1. The molecule has 0 radical (unpaired) electrons. The maximum Gasteiger partial charge on any atom is 0.274 e. The fourth-order valence-corrected chi connectivity index (χ4v) is 3.81. The Labute approximate surface area is 151 Å². The predicted molar refractivity (Wildman–Crippen MR) is 103 cm³/mol. The van der Waals surface area contributed by atoms with Crippen LogP contribution in [0.1, 0.15) is 12.5 Å². The van der Waals surface area contributed by atoms with Crippen molar-refractivity contribution in [2.45, 2.75) is 13.3 Å². The molecule has 1 amide bonds. The van der Waals surface area contributed by atoms with Gasteiger partial charge in [0.05, 0.1) is 12.3 Å². The molecule has 0 aliphatic carbocycles. The molecular weight excluding hydrogens is 338 g/mol. The fourth-order valence-electron chi connectivity index (χ4n) is 2.49.